The lowest BCUT2D eigenvalue weighted by atomic mass is 9.89. The highest BCUT2D eigenvalue weighted by Gasteiger charge is 2.40. The summed E-state index contributed by atoms with van der Waals surface area (Å²) in [4.78, 5) is 89.2. The van der Waals surface area contributed by atoms with Crippen molar-refractivity contribution in [1.29, 1.82) is 0 Å². The second kappa shape index (κ2) is 34.5. The van der Waals surface area contributed by atoms with Gasteiger partial charge < -0.3 is 95.4 Å². The SMILES string of the molecule is CNc1cc(-c2cn(C3CC(O)C3)c3ncccc23)nc2c(C(=O)N[C@@H]3C[C@@H]3C)cnn12.CNc1cc(-c2cn([C@@H]3CCOC[C@H]3O)c3ncccc23)nc2c(C(=O)NC3CC3)cnn12.CNc1cc(-c2cn([C@H]3CCOC[C@@H]3O)c3ncccc23)nc2c(C(=O)NC3CC3)cnn12.CNc1cc(-c2cn([C@H]3COC[C@@H]3O)c3ncccc23)nc2c(C(=O)N[C@@H]3C[C@@H]3C)cnn12. The van der Waals surface area contributed by atoms with Crippen molar-refractivity contribution >= 4 is 114 Å². The van der Waals surface area contributed by atoms with Gasteiger partial charge in [0.25, 0.3) is 23.6 Å². The summed E-state index contributed by atoms with van der Waals surface area (Å²) in [6.07, 6.45) is 28.1. The molecule has 16 aromatic heterocycles. The van der Waals surface area contributed by atoms with Crippen molar-refractivity contribution in [2.45, 2.75) is 151 Å². The van der Waals surface area contributed by atoms with E-state index in [0.29, 0.717) is 132 Å². The van der Waals surface area contributed by atoms with Gasteiger partial charge in [-0.15, -0.1) is 0 Å². The number of amides is 4. The Bertz CT molecular complexity index is 6900. The zero-order valence-corrected chi connectivity index (χ0v) is 72.8. The fourth-order valence-electron chi connectivity index (χ4n) is 18.1. The van der Waals surface area contributed by atoms with Crippen molar-refractivity contribution < 1.29 is 53.8 Å². The quantitative estimate of drug-likeness (QED) is 0.0340. The number of hydrogen-bond acceptors (Lipinski definition) is 27. The summed E-state index contributed by atoms with van der Waals surface area (Å²) in [7, 11) is 7.26. The number of nitrogens with zero attached hydrogens (tertiary/aromatic N) is 20. The Balaban J connectivity index is 0.000000105. The van der Waals surface area contributed by atoms with Crippen LogP contribution >= 0.6 is 0 Å². The van der Waals surface area contributed by atoms with Gasteiger partial charge in [-0.25, -0.2) is 39.9 Å². The molecule has 0 bridgehead atoms. The first-order valence-corrected chi connectivity index (χ1v) is 44.6. The van der Waals surface area contributed by atoms with Crippen LogP contribution in [0, 0.1) is 11.8 Å². The molecule has 0 aromatic carbocycles. The Morgan fingerprint density at radius 1 is 0.366 bits per heavy atom. The molecule has 10 atom stereocenters. The molecule has 12 N–H and O–H groups in total. The summed E-state index contributed by atoms with van der Waals surface area (Å²) < 4.78 is 31.1. The van der Waals surface area contributed by atoms with Gasteiger partial charge in [0, 0.05) is 189 Å². The largest absolute Gasteiger partial charge is 0.393 e. The number of aliphatic hydroxyl groups is 4. The number of aromatic nitrogens is 20. The van der Waals surface area contributed by atoms with Gasteiger partial charge in [0.05, 0.1) is 110 Å². The lowest BCUT2D eigenvalue weighted by molar-refractivity contribution is -0.0375. The summed E-state index contributed by atoms with van der Waals surface area (Å²) in [5, 5.41) is 87.5. The third kappa shape index (κ3) is 15.9. The Morgan fingerprint density at radius 2 is 0.664 bits per heavy atom. The highest BCUT2D eigenvalue weighted by Crippen LogP contribution is 2.43. The number of rotatable bonds is 20. The summed E-state index contributed by atoms with van der Waals surface area (Å²) in [6.45, 7) is 6.75. The summed E-state index contributed by atoms with van der Waals surface area (Å²) in [5.74, 6) is 3.28. The minimum absolute atomic E-state index is 0.132. The van der Waals surface area contributed by atoms with E-state index in [1.165, 1.54) is 0 Å². The molecule has 4 amide bonds. The van der Waals surface area contributed by atoms with Gasteiger partial charge in [-0.2, -0.15) is 38.5 Å². The number of nitrogens with one attached hydrogen (secondary N) is 8. The van der Waals surface area contributed by atoms with Crippen LogP contribution in [-0.2, 0) is 14.2 Å². The maximum Gasteiger partial charge on any atom is 0.256 e. The normalized spacial score (nSPS) is 22.7. The number of fused-ring (bicyclic) bond motifs is 8. The molecule has 3 saturated heterocycles. The molecule has 5 saturated carbocycles. The van der Waals surface area contributed by atoms with E-state index in [9.17, 15) is 39.6 Å². The zero-order chi connectivity index (χ0) is 89.7. The molecular formula is C92H100N28O11. The maximum atomic E-state index is 12.9. The minimum Gasteiger partial charge on any atom is -0.393 e. The molecule has 674 valence electrons. The third-order valence-corrected chi connectivity index (χ3v) is 26.2. The first-order valence-electron chi connectivity index (χ1n) is 44.6. The number of carbonyl (C=O) groups excluding carboxylic acids is 4. The van der Waals surface area contributed by atoms with Gasteiger partial charge >= 0.3 is 0 Å². The third-order valence-electron chi connectivity index (χ3n) is 26.2. The van der Waals surface area contributed by atoms with E-state index in [4.69, 9.17) is 34.1 Å². The van der Waals surface area contributed by atoms with Crippen LogP contribution in [0.3, 0.4) is 0 Å². The molecule has 39 nitrogen and oxygen atoms in total. The smallest absolute Gasteiger partial charge is 0.256 e. The second-order valence-electron chi connectivity index (χ2n) is 35.1. The monoisotopic (exact) mass is 1770 g/mol. The van der Waals surface area contributed by atoms with Crippen LogP contribution in [-0.4, -0.2) is 257 Å². The van der Waals surface area contributed by atoms with Crippen molar-refractivity contribution in [3.8, 4) is 45.0 Å². The fraction of sp³-hybridized carbons (Fsp3) is 0.391. The lowest BCUT2D eigenvalue weighted by Gasteiger charge is -2.32. The van der Waals surface area contributed by atoms with Crippen LogP contribution in [0.15, 0.2) is 147 Å². The minimum atomic E-state index is -0.611. The number of anilines is 4. The Hall–Kier alpha value is -14.0. The molecule has 24 rings (SSSR count). The molecule has 131 heavy (non-hydrogen) atoms. The first-order chi connectivity index (χ1) is 63.8. The van der Waals surface area contributed by atoms with Crippen LogP contribution in [0.1, 0.15) is 144 Å². The van der Waals surface area contributed by atoms with E-state index in [2.05, 4.69) is 107 Å². The zero-order valence-electron chi connectivity index (χ0n) is 72.8. The van der Waals surface area contributed by atoms with Crippen LogP contribution in [0.5, 0.6) is 0 Å². The Morgan fingerprint density at radius 3 is 0.954 bits per heavy atom. The van der Waals surface area contributed by atoms with E-state index in [0.717, 1.165) is 141 Å². The van der Waals surface area contributed by atoms with Crippen molar-refractivity contribution in [3.05, 3.63) is 169 Å². The molecular weight excluding hydrogens is 1670 g/mol. The average Bonchev–Trinajstić information content (AvgIpc) is 1.63. The summed E-state index contributed by atoms with van der Waals surface area (Å²) in [6, 6.07) is 23.9. The standard InChI is InChI=1S/3C23H25N7O3.C23H25N7O2/c1-12-6-16(12)28-23(32)14-8-26-30-20(24-2)7-17(27-22(14)30)15-9-29(18-10-33-11-19(18)31)21-13(15)4-3-5-25-21;2*1-24-20-9-17(28-22-15(10-26-30(20)22)23(32)27-13-4-5-13)16-11-29(18-6-8-33-12-19(18)31)21-14(16)3-2-7-25-21;1-12-6-18(12)28-23(32)16-10-26-30-20(24-2)9-19(27-22(16)30)17-11-29(13-7-14(31)8-13)21-15(17)4-3-5-25-21/h3-5,7-9,12,16,18-19,24,31H,6,10-11H2,1-2H3,(H,28,32);2*2-3,7,9-11,13,18-19,24,31H,4-6,8,12H2,1H3,(H,27,32);3-5,9-14,18,24,31H,6-8H2,1-2H3,(H,28,32)/t12-,16+,18-,19-;2*18-,19-;12-,13?,14?,18+/m0100/s1. The van der Waals surface area contributed by atoms with E-state index in [-0.39, 0.29) is 78.1 Å². The Kier molecular flexibility index (Phi) is 22.1. The van der Waals surface area contributed by atoms with E-state index in [1.54, 1.807) is 67.6 Å². The number of carbonyl (C=O) groups is 4. The lowest BCUT2D eigenvalue weighted by Crippen LogP contribution is -2.34. The van der Waals surface area contributed by atoms with Crippen LogP contribution < -0.4 is 42.5 Å². The summed E-state index contributed by atoms with van der Waals surface area (Å²) in [5.41, 5.74) is 13.4. The van der Waals surface area contributed by atoms with Crippen molar-refractivity contribution in [2.24, 2.45) is 11.8 Å². The predicted octanol–water partition coefficient (Wildman–Crippen LogP) is 8.48. The van der Waals surface area contributed by atoms with Crippen LogP contribution in [0.4, 0.5) is 23.3 Å². The van der Waals surface area contributed by atoms with Gasteiger partial charge in [-0.1, -0.05) is 13.8 Å². The number of ether oxygens (including phenoxy) is 3. The highest BCUT2D eigenvalue weighted by molar-refractivity contribution is 6.05. The molecule has 0 radical (unpaired) electrons. The maximum absolute atomic E-state index is 12.9. The molecule has 19 heterocycles. The number of aliphatic hydroxyl groups excluding tert-OH is 4. The van der Waals surface area contributed by atoms with E-state index >= 15 is 0 Å². The van der Waals surface area contributed by atoms with Crippen LogP contribution in [0.2, 0.25) is 0 Å². The van der Waals surface area contributed by atoms with Crippen molar-refractivity contribution in [1.82, 2.24) is 118 Å². The van der Waals surface area contributed by atoms with Gasteiger partial charge in [0.2, 0.25) is 0 Å². The molecule has 0 spiro atoms. The van der Waals surface area contributed by atoms with Gasteiger partial charge in [-0.05, 0) is 125 Å². The molecule has 3 aliphatic heterocycles. The highest BCUT2D eigenvalue weighted by atomic mass is 16.5. The van der Waals surface area contributed by atoms with Crippen LogP contribution in [0.25, 0.3) is 112 Å². The van der Waals surface area contributed by atoms with E-state index in [1.807, 2.05) is 133 Å². The summed E-state index contributed by atoms with van der Waals surface area (Å²) >= 11 is 0. The molecule has 5 aliphatic carbocycles. The molecule has 8 fully saturated rings. The van der Waals surface area contributed by atoms with Crippen molar-refractivity contribution in [3.63, 3.8) is 0 Å². The topological polar surface area (TPSA) is 465 Å². The predicted molar refractivity (Wildman–Crippen MR) is 487 cm³/mol. The van der Waals surface area contributed by atoms with Gasteiger partial charge in [-0.3, -0.25) is 19.2 Å². The Labute approximate surface area is 747 Å². The van der Waals surface area contributed by atoms with E-state index < -0.39 is 18.3 Å². The molecule has 0 unspecified atom stereocenters. The first kappa shape index (κ1) is 83.9. The molecule has 16 aromatic rings. The second-order valence-corrected chi connectivity index (χ2v) is 35.1. The number of hydrogen-bond donors (Lipinski definition) is 12. The van der Waals surface area contributed by atoms with Gasteiger partial charge in [0.15, 0.2) is 22.6 Å². The van der Waals surface area contributed by atoms with Crippen molar-refractivity contribution in [2.75, 3.05) is 89.1 Å². The molecule has 39 heteroatoms. The fourth-order valence-corrected chi connectivity index (χ4v) is 18.1. The van der Waals surface area contributed by atoms with Gasteiger partial charge in [0.1, 0.15) is 74.2 Å². The molecule has 8 aliphatic rings. The average molecular weight is 1770 g/mol. The number of pyridine rings is 4.